The topological polar surface area (TPSA) is 38.5 Å². The highest BCUT2D eigenvalue weighted by Gasteiger charge is 2.20. The number of nitrogens with zero attached hydrogens (tertiary/aromatic N) is 1. The standard InChI is InChI=1S/C14H30N2O/c1-5-13-11-16(8-9-17-13)7-6-12(15)10-14(2,3)4/h12-13H,5-11,15H2,1-4H3. The van der Waals surface area contributed by atoms with Crippen LogP contribution in [0.3, 0.4) is 0 Å². The summed E-state index contributed by atoms with van der Waals surface area (Å²) in [6.45, 7) is 13.1. The SMILES string of the molecule is CCC1CN(CCC(N)CC(C)(C)C)CCO1. The van der Waals surface area contributed by atoms with Gasteiger partial charge in [0.1, 0.15) is 0 Å². The van der Waals surface area contributed by atoms with Gasteiger partial charge < -0.3 is 10.5 Å². The van der Waals surface area contributed by atoms with E-state index in [1.165, 1.54) is 0 Å². The summed E-state index contributed by atoms with van der Waals surface area (Å²) in [6, 6.07) is 0.331. The summed E-state index contributed by atoms with van der Waals surface area (Å²) in [5.74, 6) is 0. The van der Waals surface area contributed by atoms with Crippen LogP contribution in [0.5, 0.6) is 0 Å². The molecule has 2 unspecified atom stereocenters. The highest BCUT2D eigenvalue weighted by molar-refractivity contribution is 4.75. The quantitative estimate of drug-likeness (QED) is 0.803. The van der Waals surface area contributed by atoms with E-state index in [9.17, 15) is 0 Å². The zero-order valence-electron chi connectivity index (χ0n) is 12.0. The summed E-state index contributed by atoms with van der Waals surface area (Å²) < 4.78 is 5.67. The first kappa shape index (κ1) is 14.9. The third-order valence-electron chi connectivity index (χ3n) is 3.37. The predicted octanol–water partition coefficient (Wildman–Crippen LogP) is 2.25. The van der Waals surface area contributed by atoms with Crippen LogP contribution in [0.2, 0.25) is 0 Å². The first-order chi connectivity index (χ1) is 7.90. The highest BCUT2D eigenvalue weighted by Crippen LogP contribution is 2.21. The van der Waals surface area contributed by atoms with Crippen molar-refractivity contribution in [3.63, 3.8) is 0 Å². The van der Waals surface area contributed by atoms with E-state index in [0.717, 1.165) is 45.5 Å². The van der Waals surface area contributed by atoms with Gasteiger partial charge >= 0.3 is 0 Å². The van der Waals surface area contributed by atoms with Crippen LogP contribution in [0.1, 0.15) is 47.0 Å². The van der Waals surface area contributed by atoms with E-state index >= 15 is 0 Å². The molecule has 1 fully saturated rings. The molecule has 102 valence electrons. The molecular weight excluding hydrogens is 212 g/mol. The van der Waals surface area contributed by atoms with E-state index < -0.39 is 0 Å². The lowest BCUT2D eigenvalue weighted by molar-refractivity contribution is -0.0304. The molecule has 1 heterocycles. The summed E-state index contributed by atoms with van der Waals surface area (Å²) in [5, 5.41) is 0. The number of nitrogens with two attached hydrogens (primary N) is 1. The molecule has 17 heavy (non-hydrogen) atoms. The van der Waals surface area contributed by atoms with E-state index in [0.29, 0.717) is 17.6 Å². The molecule has 1 rings (SSSR count). The Morgan fingerprint density at radius 1 is 1.41 bits per heavy atom. The molecule has 1 aliphatic heterocycles. The third kappa shape index (κ3) is 6.39. The van der Waals surface area contributed by atoms with Crippen molar-refractivity contribution in [3.05, 3.63) is 0 Å². The molecule has 3 heteroatoms. The van der Waals surface area contributed by atoms with E-state index in [2.05, 4.69) is 32.6 Å². The number of rotatable bonds is 5. The van der Waals surface area contributed by atoms with Crippen LogP contribution in [-0.2, 0) is 4.74 Å². The van der Waals surface area contributed by atoms with Crippen molar-refractivity contribution in [2.24, 2.45) is 11.1 Å². The lowest BCUT2D eigenvalue weighted by Gasteiger charge is -2.33. The van der Waals surface area contributed by atoms with Crippen LogP contribution >= 0.6 is 0 Å². The number of hydrogen-bond donors (Lipinski definition) is 1. The van der Waals surface area contributed by atoms with Gasteiger partial charge in [0.05, 0.1) is 12.7 Å². The third-order valence-corrected chi connectivity index (χ3v) is 3.37. The summed E-state index contributed by atoms with van der Waals surface area (Å²) in [7, 11) is 0. The van der Waals surface area contributed by atoms with Crippen molar-refractivity contribution in [1.82, 2.24) is 4.90 Å². The second-order valence-electron chi connectivity index (χ2n) is 6.52. The monoisotopic (exact) mass is 242 g/mol. The molecule has 0 saturated carbocycles. The molecule has 1 aliphatic rings. The van der Waals surface area contributed by atoms with Crippen LogP contribution < -0.4 is 5.73 Å². The van der Waals surface area contributed by atoms with E-state index in [1.807, 2.05) is 0 Å². The van der Waals surface area contributed by atoms with Gasteiger partial charge in [-0.05, 0) is 31.2 Å². The molecule has 0 aromatic carbocycles. The zero-order chi connectivity index (χ0) is 12.9. The minimum atomic E-state index is 0.331. The van der Waals surface area contributed by atoms with Gasteiger partial charge in [-0.25, -0.2) is 0 Å². The first-order valence-electron chi connectivity index (χ1n) is 7.00. The van der Waals surface area contributed by atoms with Crippen LogP contribution in [0, 0.1) is 5.41 Å². The number of ether oxygens (including phenoxy) is 1. The van der Waals surface area contributed by atoms with Crippen LogP contribution in [0.4, 0.5) is 0 Å². The molecule has 0 spiro atoms. The van der Waals surface area contributed by atoms with Gasteiger partial charge in [-0.1, -0.05) is 27.7 Å². The predicted molar refractivity (Wildman–Crippen MR) is 73.1 cm³/mol. The minimum absolute atomic E-state index is 0.331. The fourth-order valence-corrected chi connectivity index (χ4v) is 2.47. The second-order valence-corrected chi connectivity index (χ2v) is 6.52. The van der Waals surface area contributed by atoms with Crippen molar-refractivity contribution in [1.29, 1.82) is 0 Å². The Morgan fingerprint density at radius 2 is 2.12 bits per heavy atom. The average molecular weight is 242 g/mol. The van der Waals surface area contributed by atoms with Gasteiger partial charge in [-0.15, -0.1) is 0 Å². The smallest absolute Gasteiger partial charge is 0.0700 e. The molecule has 0 aromatic rings. The molecule has 2 atom stereocenters. The van der Waals surface area contributed by atoms with Crippen LogP contribution in [0.15, 0.2) is 0 Å². The second kappa shape index (κ2) is 6.72. The van der Waals surface area contributed by atoms with Crippen molar-refractivity contribution in [2.45, 2.75) is 59.1 Å². The van der Waals surface area contributed by atoms with Crippen molar-refractivity contribution in [2.75, 3.05) is 26.2 Å². The Bertz CT molecular complexity index is 213. The molecule has 0 bridgehead atoms. The summed E-state index contributed by atoms with van der Waals surface area (Å²) in [5.41, 5.74) is 6.53. The normalized spacial score (nSPS) is 24.9. The summed E-state index contributed by atoms with van der Waals surface area (Å²) in [6.07, 6.45) is 3.76. The Morgan fingerprint density at radius 3 is 2.71 bits per heavy atom. The Hall–Kier alpha value is -0.120. The Labute approximate surface area is 107 Å². The Kier molecular flexibility index (Phi) is 5.90. The van der Waals surface area contributed by atoms with Crippen molar-refractivity contribution >= 4 is 0 Å². The Balaban J connectivity index is 2.21. The maximum Gasteiger partial charge on any atom is 0.0700 e. The molecular formula is C14H30N2O. The first-order valence-corrected chi connectivity index (χ1v) is 7.00. The molecule has 0 radical (unpaired) electrons. The summed E-state index contributed by atoms with van der Waals surface area (Å²) in [4.78, 5) is 2.50. The molecule has 3 nitrogen and oxygen atoms in total. The number of hydrogen-bond acceptors (Lipinski definition) is 3. The van der Waals surface area contributed by atoms with Gasteiger partial charge in [0, 0.05) is 19.1 Å². The highest BCUT2D eigenvalue weighted by atomic mass is 16.5. The lowest BCUT2D eigenvalue weighted by atomic mass is 9.87. The van der Waals surface area contributed by atoms with Gasteiger partial charge in [-0.2, -0.15) is 0 Å². The molecule has 2 N–H and O–H groups in total. The van der Waals surface area contributed by atoms with Gasteiger partial charge in [0.15, 0.2) is 0 Å². The molecule has 0 amide bonds. The van der Waals surface area contributed by atoms with E-state index in [4.69, 9.17) is 10.5 Å². The fourth-order valence-electron chi connectivity index (χ4n) is 2.47. The van der Waals surface area contributed by atoms with Gasteiger partial charge in [0.25, 0.3) is 0 Å². The van der Waals surface area contributed by atoms with Gasteiger partial charge in [0.2, 0.25) is 0 Å². The average Bonchev–Trinajstić information content (AvgIpc) is 2.24. The van der Waals surface area contributed by atoms with E-state index in [1.54, 1.807) is 0 Å². The molecule has 1 saturated heterocycles. The lowest BCUT2D eigenvalue weighted by Crippen LogP contribution is -2.44. The van der Waals surface area contributed by atoms with Crippen molar-refractivity contribution < 1.29 is 4.74 Å². The fraction of sp³-hybridized carbons (Fsp3) is 1.00. The maximum absolute atomic E-state index is 6.19. The molecule has 0 aromatic heterocycles. The van der Waals surface area contributed by atoms with Crippen LogP contribution in [0.25, 0.3) is 0 Å². The minimum Gasteiger partial charge on any atom is -0.376 e. The summed E-state index contributed by atoms with van der Waals surface area (Å²) >= 11 is 0. The zero-order valence-corrected chi connectivity index (χ0v) is 12.0. The maximum atomic E-state index is 6.19. The van der Waals surface area contributed by atoms with Crippen LogP contribution in [-0.4, -0.2) is 43.3 Å². The van der Waals surface area contributed by atoms with Gasteiger partial charge in [-0.3, -0.25) is 4.90 Å². The van der Waals surface area contributed by atoms with E-state index in [-0.39, 0.29) is 0 Å². The number of morpholine rings is 1. The van der Waals surface area contributed by atoms with Crippen molar-refractivity contribution in [3.8, 4) is 0 Å². The molecule has 0 aliphatic carbocycles. The largest absolute Gasteiger partial charge is 0.376 e.